The van der Waals surface area contributed by atoms with Crippen molar-refractivity contribution in [3.05, 3.63) is 68.2 Å². The summed E-state index contributed by atoms with van der Waals surface area (Å²) >= 11 is 1.49. The molecular weight excluding hydrogens is 422 g/mol. The zero-order valence-electron chi connectivity index (χ0n) is 16.7. The molecule has 0 spiro atoms. The Labute approximate surface area is 181 Å². The third-order valence-electron chi connectivity index (χ3n) is 4.94. The first-order valence-corrected chi connectivity index (χ1v) is 10.4. The third kappa shape index (κ3) is 3.87. The number of aromatic hydroxyl groups is 1. The number of rotatable bonds is 6. The SMILES string of the molecule is CCOc1cc([C@H]2NC(=O)N=C(c3ccn(C)n3)C2c2ccsc2)cc([N+](=O)[O-])c1O. The number of phenols is 1. The summed E-state index contributed by atoms with van der Waals surface area (Å²) in [5, 5.41) is 32.9. The molecule has 4 rings (SSSR count). The molecule has 2 aromatic heterocycles. The van der Waals surface area contributed by atoms with Crippen LogP contribution in [0.5, 0.6) is 11.5 Å². The Hall–Kier alpha value is -3.73. The second-order valence-corrected chi connectivity index (χ2v) is 7.69. The molecule has 0 aliphatic carbocycles. The van der Waals surface area contributed by atoms with E-state index in [0.717, 1.165) is 5.56 Å². The van der Waals surface area contributed by atoms with Crippen LogP contribution in [0.3, 0.4) is 0 Å². The minimum absolute atomic E-state index is 0.0214. The van der Waals surface area contributed by atoms with Crippen LogP contribution in [-0.2, 0) is 7.05 Å². The molecule has 1 unspecified atom stereocenters. The van der Waals surface area contributed by atoms with Crippen LogP contribution in [0.4, 0.5) is 10.5 Å². The lowest BCUT2D eigenvalue weighted by Gasteiger charge is -2.31. The van der Waals surface area contributed by atoms with Crippen LogP contribution in [0.1, 0.15) is 35.7 Å². The number of phenolic OH excluding ortho intramolecular Hbond substituents is 1. The number of nitrogens with zero attached hydrogens (tertiary/aromatic N) is 4. The third-order valence-corrected chi connectivity index (χ3v) is 5.64. The molecule has 3 heterocycles. The smallest absolute Gasteiger partial charge is 0.341 e. The van der Waals surface area contributed by atoms with Gasteiger partial charge in [0.2, 0.25) is 5.75 Å². The Balaban J connectivity index is 1.90. The van der Waals surface area contributed by atoms with E-state index < -0.39 is 34.4 Å². The van der Waals surface area contributed by atoms with E-state index in [4.69, 9.17) is 4.74 Å². The molecule has 2 N–H and O–H groups in total. The number of nitro benzene ring substituents is 1. The predicted molar refractivity (Wildman–Crippen MR) is 114 cm³/mol. The molecule has 2 amide bonds. The number of hydrogen-bond donors (Lipinski definition) is 2. The molecule has 1 aliphatic heterocycles. The number of thiophene rings is 1. The number of aryl methyl sites for hydroxylation is 1. The van der Waals surface area contributed by atoms with Gasteiger partial charge in [0.05, 0.1) is 29.2 Å². The van der Waals surface area contributed by atoms with E-state index in [1.165, 1.54) is 23.5 Å². The summed E-state index contributed by atoms with van der Waals surface area (Å²) in [6.07, 6.45) is 1.75. The van der Waals surface area contributed by atoms with Gasteiger partial charge in [-0.3, -0.25) is 14.8 Å². The number of aliphatic imine (C=N–C) groups is 1. The Morgan fingerprint density at radius 1 is 1.35 bits per heavy atom. The molecule has 31 heavy (non-hydrogen) atoms. The minimum atomic E-state index is -0.685. The number of carbonyl (C=O) groups is 1. The van der Waals surface area contributed by atoms with Gasteiger partial charge in [0.15, 0.2) is 5.75 Å². The highest BCUT2D eigenvalue weighted by molar-refractivity contribution is 7.08. The van der Waals surface area contributed by atoms with Crippen molar-refractivity contribution in [1.29, 1.82) is 0 Å². The van der Waals surface area contributed by atoms with Crippen molar-refractivity contribution < 1.29 is 19.6 Å². The second-order valence-electron chi connectivity index (χ2n) is 6.91. The van der Waals surface area contributed by atoms with Gasteiger partial charge in [-0.25, -0.2) is 4.79 Å². The van der Waals surface area contributed by atoms with Crippen LogP contribution >= 0.6 is 11.3 Å². The molecule has 3 aromatic rings. The number of hydrogen-bond acceptors (Lipinski definition) is 7. The first kappa shape index (κ1) is 20.5. The molecular formula is C20H19N5O5S. The summed E-state index contributed by atoms with van der Waals surface area (Å²) in [7, 11) is 1.77. The van der Waals surface area contributed by atoms with Crippen molar-refractivity contribution in [2.24, 2.45) is 12.0 Å². The molecule has 10 nitrogen and oxygen atoms in total. The van der Waals surface area contributed by atoms with Gasteiger partial charge in [0, 0.05) is 19.3 Å². The summed E-state index contributed by atoms with van der Waals surface area (Å²) in [5.74, 6) is -1.02. The van der Waals surface area contributed by atoms with Gasteiger partial charge in [-0.15, -0.1) is 0 Å². The largest absolute Gasteiger partial charge is 0.500 e. The summed E-state index contributed by atoms with van der Waals surface area (Å²) in [4.78, 5) is 27.6. The van der Waals surface area contributed by atoms with Gasteiger partial charge in [0.25, 0.3) is 0 Å². The highest BCUT2D eigenvalue weighted by Crippen LogP contribution is 2.43. The predicted octanol–water partition coefficient (Wildman–Crippen LogP) is 3.53. The monoisotopic (exact) mass is 441 g/mol. The number of amides is 2. The van der Waals surface area contributed by atoms with Crippen molar-refractivity contribution >= 4 is 28.8 Å². The van der Waals surface area contributed by atoms with E-state index >= 15 is 0 Å². The highest BCUT2D eigenvalue weighted by atomic mass is 32.1. The molecule has 160 valence electrons. The second kappa shape index (κ2) is 8.19. The molecule has 0 fully saturated rings. The van der Waals surface area contributed by atoms with Crippen molar-refractivity contribution in [3.63, 3.8) is 0 Å². The number of nitro groups is 1. The minimum Gasteiger partial charge on any atom is -0.500 e. The summed E-state index contributed by atoms with van der Waals surface area (Å²) in [6.45, 7) is 1.92. The average molecular weight is 441 g/mol. The summed E-state index contributed by atoms with van der Waals surface area (Å²) in [5.41, 5.74) is 1.80. The van der Waals surface area contributed by atoms with E-state index in [9.17, 15) is 20.0 Å². The Morgan fingerprint density at radius 2 is 2.16 bits per heavy atom. The van der Waals surface area contributed by atoms with Crippen LogP contribution in [-0.4, -0.2) is 38.2 Å². The quantitative estimate of drug-likeness (QED) is 0.444. The average Bonchev–Trinajstić information content (AvgIpc) is 3.40. The zero-order valence-corrected chi connectivity index (χ0v) is 17.5. The van der Waals surface area contributed by atoms with Crippen LogP contribution in [0, 0.1) is 10.1 Å². The van der Waals surface area contributed by atoms with Gasteiger partial charge in [-0.2, -0.15) is 21.4 Å². The lowest BCUT2D eigenvalue weighted by molar-refractivity contribution is -0.386. The lowest BCUT2D eigenvalue weighted by Crippen LogP contribution is -2.40. The van der Waals surface area contributed by atoms with E-state index in [-0.39, 0.29) is 12.4 Å². The summed E-state index contributed by atoms with van der Waals surface area (Å²) in [6, 6.07) is 5.18. The zero-order chi connectivity index (χ0) is 22.1. The molecule has 0 bridgehead atoms. The highest BCUT2D eigenvalue weighted by Gasteiger charge is 2.38. The molecule has 1 aliphatic rings. The molecule has 0 radical (unpaired) electrons. The standard InChI is InChI=1S/C20H19N5O5S/c1-3-30-15-9-12(8-14(19(15)26)25(28)29)17-16(11-5-7-31-10-11)18(22-20(27)21-17)13-4-6-24(2)23-13/h4-10,16-17,26H,3H2,1-2H3,(H,21,27)/t16?,17-/m1/s1. The van der Waals surface area contributed by atoms with Crippen LogP contribution in [0.15, 0.2) is 46.2 Å². The maximum absolute atomic E-state index is 12.5. The number of nitrogens with one attached hydrogen (secondary N) is 1. The van der Waals surface area contributed by atoms with Crippen LogP contribution in [0.2, 0.25) is 0 Å². The van der Waals surface area contributed by atoms with Gasteiger partial charge >= 0.3 is 11.7 Å². The molecule has 1 aromatic carbocycles. The van der Waals surface area contributed by atoms with Crippen molar-refractivity contribution in [2.45, 2.75) is 18.9 Å². The van der Waals surface area contributed by atoms with Crippen molar-refractivity contribution in [1.82, 2.24) is 15.1 Å². The molecule has 11 heteroatoms. The first-order chi connectivity index (χ1) is 14.9. The number of ether oxygens (including phenoxy) is 1. The van der Waals surface area contributed by atoms with E-state index in [0.29, 0.717) is 17.0 Å². The molecule has 0 saturated heterocycles. The van der Waals surface area contributed by atoms with Crippen LogP contribution in [0.25, 0.3) is 0 Å². The van der Waals surface area contributed by atoms with Gasteiger partial charge in [0.1, 0.15) is 5.69 Å². The lowest BCUT2D eigenvalue weighted by atomic mass is 9.82. The Kier molecular flexibility index (Phi) is 5.42. The van der Waals surface area contributed by atoms with E-state index in [2.05, 4.69) is 15.4 Å². The number of urea groups is 1. The van der Waals surface area contributed by atoms with Crippen LogP contribution < -0.4 is 10.1 Å². The number of benzene rings is 1. The van der Waals surface area contributed by atoms with Gasteiger partial charge in [-0.1, -0.05) is 0 Å². The van der Waals surface area contributed by atoms with Crippen molar-refractivity contribution in [2.75, 3.05) is 6.61 Å². The fourth-order valence-electron chi connectivity index (χ4n) is 3.63. The topological polar surface area (TPSA) is 132 Å². The maximum atomic E-state index is 12.5. The Morgan fingerprint density at radius 3 is 2.77 bits per heavy atom. The summed E-state index contributed by atoms with van der Waals surface area (Å²) < 4.78 is 7.03. The van der Waals surface area contributed by atoms with Gasteiger partial charge < -0.3 is 15.2 Å². The fraction of sp³-hybridized carbons (Fsp3) is 0.250. The Bertz CT molecular complexity index is 1170. The number of carbonyl (C=O) groups excluding carboxylic acids is 1. The molecule has 2 atom stereocenters. The fourth-order valence-corrected chi connectivity index (χ4v) is 4.33. The van der Waals surface area contributed by atoms with Gasteiger partial charge in [-0.05, 0) is 47.0 Å². The molecule has 0 saturated carbocycles. The first-order valence-electron chi connectivity index (χ1n) is 9.44. The van der Waals surface area contributed by atoms with E-state index in [1.807, 2.05) is 16.8 Å². The van der Waals surface area contributed by atoms with E-state index in [1.54, 1.807) is 30.9 Å². The maximum Gasteiger partial charge on any atom is 0.341 e. The number of aromatic nitrogens is 2. The normalized spacial score (nSPS) is 18.4. The van der Waals surface area contributed by atoms with Crippen molar-refractivity contribution in [3.8, 4) is 11.5 Å².